The second-order valence-corrected chi connectivity index (χ2v) is 5.90. The largest absolute Gasteiger partial charge is 0.508 e. The van der Waals surface area contributed by atoms with Gasteiger partial charge in [0, 0.05) is 13.1 Å². The first-order chi connectivity index (χ1) is 11.6. The Morgan fingerprint density at radius 1 is 1.16 bits per heavy atom. The number of hydrogen-bond donors (Lipinski definition) is 3. The number of halogens is 1. The molecule has 3 N–H and O–H groups in total. The highest BCUT2D eigenvalue weighted by Gasteiger charge is 2.09. The van der Waals surface area contributed by atoms with Crippen LogP contribution < -0.4 is 10.6 Å². The molecule has 0 amide bonds. The number of benzene rings is 2. The molecule has 1 unspecified atom stereocenters. The lowest BCUT2D eigenvalue weighted by molar-refractivity contribution is 0.474. The fourth-order valence-corrected chi connectivity index (χ4v) is 2.68. The van der Waals surface area contributed by atoms with Crippen LogP contribution in [0.4, 0.5) is 0 Å². The highest BCUT2D eigenvalue weighted by molar-refractivity contribution is 14.0. The van der Waals surface area contributed by atoms with E-state index in [4.69, 9.17) is 0 Å². The Morgan fingerprint density at radius 3 is 2.60 bits per heavy atom. The van der Waals surface area contributed by atoms with Crippen LogP contribution in [0.15, 0.2) is 53.5 Å². The highest BCUT2D eigenvalue weighted by atomic mass is 127. The van der Waals surface area contributed by atoms with Gasteiger partial charge in [-0.3, -0.25) is 4.99 Å². The summed E-state index contributed by atoms with van der Waals surface area (Å²) in [6.07, 6.45) is 0.795. The van der Waals surface area contributed by atoms with Gasteiger partial charge in [0.2, 0.25) is 0 Å². The molecule has 0 fully saturated rings. The Balaban J connectivity index is 0.00000312. The van der Waals surface area contributed by atoms with Crippen molar-refractivity contribution in [3.8, 4) is 5.75 Å². The van der Waals surface area contributed by atoms with Crippen molar-refractivity contribution >= 4 is 29.9 Å². The predicted molar refractivity (Wildman–Crippen MR) is 116 cm³/mol. The third-order valence-corrected chi connectivity index (χ3v) is 3.93. The van der Waals surface area contributed by atoms with Crippen LogP contribution in [0.2, 0.25) is 0 Å². The van der Waals surface area contributed by atoms with Crippen molar-refractivity contribution in [3.05, 3.63) is 65.2 Å². The summed E-state index contributed by atoms with van der Waals surface area (Å²) in [4.78, 5) is 4.65. The average molecular weight is 453 g/mol. The summed E-state index contributed by atoms with van der Waals surface area (Å²) >= 11 is 0. The van der Waals surface area contributed by atoms with Crippen molar-refractivity contribution in [2.24, 2.45) is 4.99 Å². The summed E-state index contributed by atoms with van der Waals surface area (Å²) in [5.74, 6) is 1.11. The molecule has 0 heterocycles. The van der Waals surface area contributed by atoms with Gasteiger partial charge in [0.15, 0.2) is 5.96 Å². The van der Waals surface area contributed by atoms with E-state index in [9.17, 15) is 5.11 Å². The monoisotopic (exact) mass is 453 g/mol. The fourth-order valence-electron chi connectivity index (χ4n) is 2.68. The van der Waals surface area contributed by atoms with E-state index in [1.807, 2.05) is 12.1 Å². The minimum absolute atomic E-state index is 0. The van der Waals surface area contributed by atoms with Gasteiger partial charge in [-0.1, -0.05) is 36.4 Å². The molecular weight excluding hydrogens is 425 g/mol. The SMILES string of the molecule is CCNC(=NCCc1cccc(O)c1)NC(C)c1ccccc1C.I. The van der Waals surface area contributed by atoms with E-state index in [1.165, 1.54) is 11.1 Å². The Bertz CT molecular complexity index is 688. The smallest absolute Gasteiger partial charge is 0.191 e. The first-order valence-corrected chi connectivity index (χ1v) is 8.48. The zero-order valence-corrected chi connectivity index (χ0v) is 17.5. The van der Waals surface area contributed by atoms with Gasteiger partial charge in [-0.25, -0.2) is 0 Å². The quantitative estimate of drug-likeness (QED) is 0.350. The Morgan fingerprint density at radius 2 is 1.92 bits per heavy atom. The van der Waals surface area contributed by atoms with Gasteiger partial charge in [0.25, 0.3) is 0 Å². The third kappa shape index (κ3) is 6.94. The average Bonchev–Trinajstić information content (AvgIpc) is 2.55. The molecule has 0 bridgehead atoms. The maximum Gasteiger partial charge on any atom is 0.191 e. The number of phenols is 1. The van der Waals surface area contributed by atoms with Gasteiger partial charge < -0.3 is 15.7 Å². The summed E-state index contributed by atoms with van der Waals surface area (Å²) in [5, 5.41) is 16.3. The molecule has 5 heteroatoms. The number of phenolic OH excluding ortho intramolecular Hbond substituents is 1. The summed E-state index contributed by atoms with van der Waals surface area (Å²) in [6, 6.07) is 15.9. The third-order valence-electron chi connectivity index (χ3n) is 3.93. The highest BCUT2D eigenvalue weighted by Crippen LogP contribution is 2.16. The van der Waals surface area contributed by atoms with Crippen LogP contribution in [0, 0.1) is 6.92 Å². The standard InChI is InChI=1S/C20H27N3O.HI/c1-4-21-20(22-13-12-17-9-7-10-18(24)14-17)23-16(3)19-11-6-5-8-15(19)2;/h5-11,14,16,24H,4,12-13H2,1-3H3,(H2,21,22,23);1H. The topological polar surface area (TPSA) is 56.7 Å². The van der Waals surface area contributed by atoms with Crippen molar-refractivity contribution in [2.75, 3.05) is 13.1 Å². The van der Waals surface area contributed by atoms with E-state index in [-0.39, 0.29) is 30.0 Å². The number of hydrogen-bond acceptors (Lipinski definition) is 2. The Labute approximate surface area is 167 Å². The second-order valence-electron chi connectivity index (χ2n) is 5.90. The first-order valence-electron chi connectivity index (χ1n) is 8.48. The molecule has 25 heavy (non-hydrogen) atoms. The Hall–Kier alpha value is -1.76. The van der Waals surface area contributed by atoms with Gasteiger partial charge >= 0.3 is 0 Å². The molecule has 0 aromatic heterocycles. The molecule has 136 valence electrons. The summed E-state index contributed by atoms with van der Waals surface area (Å²) in [7, 11) is 0. The molecule has 2 aromatic rings. The molecule has 0 aliphatic rings. The lowest BCUT2D eigenvalue weighted by Gasteiger charge is -2.19. The van der Waals surface area contributed by atoms with Crippen molar-refractivity contribution in [1.29, 1.82) is 0 Å². The molecule has 0 aliphatic heterocycles. The van der Waals surface area contributed by atoms with E-state index in [2.05, 4.69) is 60.7 Å². The number of rotatable bonds is 6. The molecule has 1 atom stereocenters. The van der Waals surface area contributed by atoms with Crippen LogP contribution in [0.1, 0.15) is 36.6 Å². The van der Waals surface area contributed by atoms with Crippen LogP contribution in [0.3, 0.4) is 0 Å². The molecule has 0 radical (unpaired) electrons. The van der Waals surface area contributed by atoms with Crippen LogP contribution in [0.25, 0.3) is 0 Å². The van der Waals surface area contributed by atoms with E-state index < -0.39 is 0 Å². The van der Waals surface area contributed by atoms with Gasteiger partial charge in [-0.15, -0.1) is 24.0 Å². The van der Waals surface area contributed by atoms with Gasteiger partial charge in [0.05, 0.1) is 6.04 Å². The lowest BCUT2D eigenvalue weighted by Crippen LogP contribution is -2.39. The summed E-state index contributed by atoms with van der Waals surface area (Å²) < 4.78 is 0. The molecule has 0 saturated heterocycles. The van der Waals surface area contributed by atoms with Crippen LogP contribution >= 0.6 is 24.0 Å². The minimum atomic E-state index is 0. The lowest BCUT2D eigenvalue weighted by atomic mass is 10.0. The number of aryl methyl sites for hydroxylation is 1. The van der Waals surface area contributed by atoms with Gasteiger partial charge in [-0.05, 0) is 56.0 Å². The molecule has 0 spiro atoms. The number of aromatic hydroxyl groups is 1. The van der Waals surface area contributed by atoms with E-state index >= 15 is 0 Å². The van der Waals surface area contributed by atoms with E-state index in [1.54, 1.807) is 12.1 Å². The molecule has 2 rings (SSSR count). The maximum atomic E-state index is 9.52. The first kappa shape index (κ1) is 21.3. The summed E-state index contributed by atoms with van der Waals surface area (Å²) in [6.45, 7) is 7.81. The van der Waals surface area contributed by atoms with Crippen molar-refractivity contribution in [3.63, 3.8) is 0 Å². The molecular formula is C20H28IN3O. The number of nitrogens with zero attached hydrogens (tertiary/aromatic N) is 1. The molecule has 0 aliphatic carbocycles. The zero-order valence-electron chi connectivity index (χ0n) is 15.1. The van der Waals surface area contributed by atoms with Gasteiger partial charge in [-0.2, -0.15) is 0 Å². The van der Waals surface area contributed by atoms with Crippen LogP contribution in [-0.2, 0) is 6.42 Å². The molecule has 2 aromatic carbocycles. The minimum Gasteiger partial charge on any atom is -0.508 e. The Kier molecular flexibility index (Phi) is 9.34. The van der Waals surface area contributed by atoms with E-state index in [0.717, 1.165) is 24.5 Å². The van der Waals surface area contributed by atoms with Crippen LogP contribution in [-0.4, -0.2) is 24.2 Å². The number of guanidine groups is 1. The fraction of sp³-hybridized carbons (Fsp3) is 0.350. The predicted octanol–water partition coefficient (Wildman–Crippen LogP) is 4.18. The zero-order chi connectivity index (χ0) is 17.4. The maximum absolute atomic E-state index is 9.52. The number of aliphatic imine (C=N–C) groups is 1. The van der Waals surface area contributed by atoms with Crippen molar-refractivity contribution < 1.29 is 5.11 Å². The molecule has 4 nitrogen and oxygen atoms in total. The van der Waals surface area contributed by atoms with Crippen molar-refractivity contribution in [1.82, 2.24) is 10.6 Å². The van der Waals surface area contributed by atoms with E-state index in [0.29, 0.717) is 12.3 Å². The normalized spacial score (nSPS) is 12.2. The second kappa shape index (κ2) is 11.0. The van der Waals surface area contributed by atoms with Crippen molar-refractivity contribution in [2.45, 2.75) is 33.2 Å². The molecule has 0 saturated carbocycles. The summed E-state index contributed by atoms with van der Waals surface area (Å²) in [5.41, 5.74) is 3.63. The van der Waals surface area contributed by atoms with Crippen LogP contribution in [0.5, 0.6) is 5.75 Å². The number of nitrogens with one attached hydrogen (secondary N) is 2. The van der Waals surface area contributed by atoms with Gasteiger partial charge in [0.1, 0.15) is 5.75 Å².